The molecule has 1 aromatic heterocycles. The van der Waals surface area contributed by atoms with Gasteiger partial charge >= 0.3 is 6.18 Å². The fourth-order valence-corrected chi connectivity index (χ4v) is 1.72. The number of hydrogen-bond acceptors (Lipinski definition) is 2. The molecule has 0 aliphatic heterocycles. The maximum atomic E-state index is 12.6. The van der Waals surface area contributed by atoms with E-state index < -0.39 is 11.7 Å². The van der Waals surface area contributed by atoms with Crippen molar-refractivity contribution in [2.75, 3.05) is 5.32 Å². The fourth-order valence-electron chi connectivity index (χ4n) is 1.51. The Morgan fingerprint density at radius 3 is 2.32 bits per heavy atom. The molecule has 0 spiro atoms. The first kappa shape index (κ1) is 13.7. The van der Waals surface area contributed by atoms with Gasteiger partial charge in [0.1, 0.15) is 11.0 Å². The van der Waals surface area contributed by atoms with E-state index in [4.69, 9.17) is 11.6 Å². The van der Waals surface area contributed by atoms with E-state index in [0.717, 1.165) is 17.7 Å². The van der Waals surface area contributed by atoms with Crippen LogP contribution in [-0.4, -0.2) is 4.98 Å². The minimum absolute atomic E-state index is 0.0590. The summed E-state index contributed by atoms with van der Waals surface area (Å²) < 4.78 is 37.9. The number of halogens is 4. The summed E-state index contributed by atoms with van der Waals surface area (Å²) in [4.78, 5) is 3.82. The highest BCUT2D eigenvalue weighted by Crippen LogP contribution is 2.32. The van der Waals surface area contributed by atoms with Crippen LogP contribution in [0.4, 0.5) is 24.7 Å². The number of aryl methyl sites for hydroxylation is 1. The Bertz CT molecular complexity index is 579. The zero-order valence-corrected chi connectivity index (χ0v) is 10.7. The van der Waals surface area contributed by atoms with Crippen molar-refractivity contribution in [2.24, 2.45) is 0 Å². The number of aromatic nitrogens is 1. The highest BCUT2D eigenvalue weighted by molar-refractivity contribution is 6.29. The molecule has 1 aromatic carbocycles. The lowest BCUT2D eigenvalue weighted by Gasteiger charge is -2.11. The molecule has 100 valence electrons. The monoisotopic (exact) mass is 286 g/mol. The first-order valence-electron chi connectivity index (χ1n) is 5.43. The van der Waals surface area contributed by atoms with Crippen LogP contribution in [0.2, 0.25) is 5.15 Å². The molecule has 0 atom stereocenters. The maximum Gasteiger partial charge on any atom is 0.416 e. The molecule has 19 heavy (non-hydrogen) atoms. The Balaban J connectivity index is 2.30. The lowest BCUT2D eigenvalue weighted by Crippen LogP contribution is -2.06. The van der Waals surface area contributed by atoms with Gasteiger partial charge in [-0.2, -0.15) is 13.2 Å². The fraction of sp³-hybridized carbons (Fsp3) is 0.154. The number of nitrogens with zero attached hydrogens (tertiary/aromatic N) is 1. The highest BCUT2D eigenvalue weighted by atomic mass is 35.5. The number of anilines is 2. The van der Waals surface area contributed by atoms with Crippen molar-refractivity contribution in [1.82, 2.24) is 4.98 Å². The van der Waals surface area contributed by atoms with Crippen molar-refractivity contribution in [3.8, 4) is 0 Å². The van der Waals surface area contributed by atoms with Gasteiger partial charge in [0, 0.05) is 5.69 Å². The number of pyridine rings is 1. The van der Waals surface area contributed by atoms with Crippen LogP contribution in [-0.2, 0) is 6.18 Å². The van der Waals surface area contributed by atoms with Gasteiger partial charge in [-0.15, -0.1) is 0 Å². The zero-order valence-electron chi connectivity index (χ0n) is 9.92. The molecule has 0 fully saturated rings. The van der Waals surface area contributed by atoms with E-state index >= 15 is 0 Å². The van der Waals surface area contributed by atoms with E-state index in [1.54, 1.807) is 12.1 Å². The van der Waals surface area contributed by atoms with Crippen LogP contribution in [0.25, 0.3) is 0 Å². The SMILES string of the molecule is Cc1ccc(Nc2cc(C(F)(F)F)cc(Cl)n2)cc1. The van der Waals surface area contributed by atoms with Crippen LogP contribution in [0.3, 0.4) is 0 Å². The molecular weight excluding hydrogens is 277 g/mol. The predicted molar refractivity (Wildman–Crippen MR) is 68.7 cm³/mol. The minimum atomic E-state index is -4.45. The van der Waals surface area contributed by atoms with Crippen molar-refractivity contribution >= 4 is 23.1 Å². The number of benzene rings is 1. The summed E-state index contributed by atoms with van der Waals surface area (Å²) in [6, 6.07) is 8.92. The van der Waals surface area contributed by atoms with Crippen LogP contribution in [0, 0.1) is 6.92 Å². The molecule has 0 saturated heterocycles. The summed E-state index contributed by atoms with van der Waals surface area (Å²) in [5.41, 5.74) is 0.871. The van der Waals surface area contributed by atoms with E-state index in [2.05, 4.69) is 10.3 Å². The summed E-state index contributed by atoms with van der Waals surface area (Å²) in [7, 11) is 0. The Morgan fingerprint density at radius 1 is 1.11 bits per heavy atom. The van der Waals surface area contributed by atoms with Crippen LogP contribution in [0.5, 0.6) is 0 Å². The molecule has 2 aromatic rings. The third-order valence-electron chi connectivity index (χ3n) is 2.45. The van der Waals surface area contributed by atoms with Crippen LogP contribution >= 0.6 is 11.6 Å². The quantitative estimate of drug-likeness (QED) is 0.802. The topological polar surface area (TPSA) is 24.9 Å². The highest BCUT2D eigenvalue weighted by Gasteiger charge is 2.31. The largest absolute Gasteiger partial charge is 0.416 e. The second-order valence-electron chi connectivity index (χ2n) is 4.05. The Hall–Kier alpha value is -1.75. The van der Waals surface area contributed by atoms with Crippen molar-refractivity contribution in [3.05, 3.63) is 52.7 Å². The van der Waals surface area contributed by atoms with Gasteiger partial charge < -0.3 is 5.32 Å². The van der Waals surface area contributed by atoms with Gasteiger partial charge in [-0.25, -0.2) is 4.98 Å². The Morgan fingerprint density at radius 2 is 1.74 bits per heavy atom. The van der Waals surface area contributed by atoms with Gasteiger partial charge in [0.25, 0.3) is 0 Å². The second kappa shape index (κ2) is 5.09. The van der Waals surface area contributed by atoms with E-state index in [-0.39, 0.29) is 11.0 Å². The van der Waals surface area contributed by atoms with Gasteiger partial charge in [-0.3, -0.25) is 0 Å². The summed E-state index contributed by atoms with van der Waals surface area (Å²) in [6.45, 7) is 1.92. The van der Waals surface area contributed by atoms with Gasteiger partial charge in [-0.05, 0) is 31.2 Å². The van der Waals surface area contributed by atoms with E-state index in [1.165, 1.54) is 0 Å². The van der Waals surface area contributed by atoms with E-state index in [1.807, 2.05) is 19.1 Å². The molecule has 0 radical (unpaired) electrons. The first-order chi connectivity index (χ1) is 8.84. The molecule has 0 aliphatic rings. The number of nitrogens with one attached hydrogen (secondary N) is 1. The molecule has 1 heterocycles. The minimum Gasteiger partial charge on any atom is -0.340 e. The molecule has 1 N–H and O–H groups in total. The van der Waals surface area contributed by atoms with Gasteiger partial charge in [0.15, 0.2) is 0 Å². The molecule has 0 aliphatic carbocycles. The average Bonchev–Trinajstić information content (AvgIpc) is 2.30. The molecule has 2 rings (SSSR count). The normalized spacial score (nSPS) is 11.4. The third-order valence-corrected chi connectivity index (χ3v) is 2.64. The third kappa shape index (κ3) is 3.61. The summed E-state index contributed by atoms with van der Waals surface area (Å²) in [5.74, 6) is 0.0590. The standard InChI is InChI=1S/C13H10ClF3N2/c1-8-2-4-10(5-3-8)18-12-7-9(13(15,16)17)6-11(14)19-12/h2-7H,1H3,(H,18,19). The second-order valence-corrected chi connectivity index (χ2v) is 4.44. The summed E-state index contributed by atoms with van der Waals surface area (Å²) in [5, 5.41) is 2.58. The molecule has 2 nitrogen and oxygen atoms in total. The van der Waals surface area contributed by atoms with Crippen molar-refractivity contribution in [3.63, 3.8) is 0 Å². The van der Waals surface area contributed by atoms with Gasteiger partial charge in [-0.1, -0.05) is 29.3 Å². The Labute approximate surface area is 113 Å². The molecule has 0 amide bonds. The van der Waals surface area contributed by atoms with Crippen LogP contribution < -0.4 is 5.32 Å². The van der Waals surface area contributed by atoms with Gasteiger partial charge in [0.2, 0.25) is 0 Å². The molecule has 0 saturated carbocycles. The van der Waals surface area contributed by atoms with Crippen molar-refractivity contribution in [2.45, 2.75) is 13.1 Å². The van der Waals surface area contributed by atoms with E-state index in [0.29, 0.717) is 5.69 Å². The molecular formula is C13H10ClF3N2. The van der Waals surface area contributed by atoms with Crippen LogP contribution in [0.1, 0.15) is 11.1 Å². The average molecular weight is 287 g/mol. The molecule has 0 unspecified atom stereocenters. The summed E-state index contributed by atoms with van der Waals surface area (Å²) in [6.07, 6.45) is -4.45. The maximum absolute atomic E-state index is 12.6. The molecule has 6 heteroatoms. The number of alkyl halides is 3. The number of rotatable bonds is 2. The van der Waals surface area contributed by atoms with E-state index in [9.17, 15) is 13.2 Å². The van der Waals surface area contributed by atoms with Gasteiger partial charge in [0.05, 0.1) is 5.56 Å². The predicted octanol–water partition coefficient (Wildman–Crippen LogP) is 4.81. The molecule has 0 bridgehead atoms. The zero-order chi connectivity index (χ0) is 14.0. The van der Waals surface area contributed by atoms with Crippen molar-refractivity contribution in [1.29, 1.82) is 0 Å². The lowest BCUT2D eigenvalue weighted by atomic mass is 10.2. The number of hydrogen-bond donors (Lipinski definition) is 1. The van der Waals surface area contributed by atoms with Crippen LogP contribution in [0.15, 0.2) is 36.4 Å². The summed E-state index contributed by atoms with van der Waals surface area (Å²) >= 11 is 5.60. The first-order valence-corrected chi connectivity index (χ1v) is 5.81. The van der Waals surface area contributed by atoms with Crippen molar-refractivity contribution < 1.29 is 13.2 Å². The smallest absolute Gasteiger partial charge is 0.340 e. The Kier molecular flexibility index (Phi) is 3.66. The lowest BCUT2D eigenvalue weighted by molar-refractivity contribution is -0.137.